The van der Waals surface area contributed by atoms with E-state index in [4.69, 9.17) is 33.2 Å². The number of anilines is 1. The zero-order chi connectivity index (χ0) is 25.6. The number of fused-ring (bicyclic) bond motifs is 5. The average molecular weight is 547 g/mol. The number of amidine groups is 1. The molecule has 1 atom stereocenters. The van der Waals surface area contributed by atoms with Gasteiger partial charge in [-0.15, -0.1) is 0 Å². The third-order valence-electron chi connectivity index (χ3n) is 6.28. The first-order valence-electron chi connectivity index (χ1n) is 11.5. The molecule has 1 N–H and O–H groups in total. The highest BCUT2D eigenvalue weighted by Crippen LogP contribution is 2.32. The Morgan fingerprint density at radius 2 is 1.81 bits per heavy atom. The molecule has 2 aliphatic rings. The maximum Gasteiger partial charge on any atom is 0.270 e. The molecule has 0 unspecified atom stereocenters. The summed E-state index contributed by atoms with van der Waals surface area (Å²) in [5.74, 6) is 0.977. The SMILES string of the molecule is CC(C)[C@@H]1Nc2nc(nc3ccccc23)CN2CCN(S(=O)(=O)c3cccc(Cl)c3Cl)CC2=NC1=O. The van der Waals surface area contributed by atoms with Gasteiger partial charge < -0.3 is 10.2 Å². The number of piperazine rings is 1. The number of aliphatic imine (C=N–C) groups is 1. The van der Waals surface area contributed by atoms with E-state index >= 15 is 0 Å². The number of carbonyl (C=O) groups is 1. The maximum absolute atomic E-state index is 13.4. The number of carbonyl (C=O) groups excluding carboxylic acids is 1. The maximum atomic E-state index is 13.4. The number of aromatic nitrogens is 2. The summed E-state index contributed by atoms with van der Waals surface area (Å²) in [6.45, 7) is 4.50. The molecule has 5 rings (SSSR count). The minimum atomic E-state index is -3.98. The molecular weight excluding hydrogens is 523 g/mol. The van der Waals surface area contributed by atoms with Crippen LogP contribution >= 0.6 is 23.2 Å². The van der Waals surface area contributed by atoms with Crippen molar-refractivity contribution in [3.05, 3.63) is 58.3 Å². The van der Waals surface area contributed by atoms with Crippen LogP contribution in [-0.2, 0) is 21.4 Å². The highest BCUT2D eigenvalue weighted by atomic mass is 35.5. The summed E-state index contributed by atoms with van der Waals surface area (Å²) in [6, 6.07) is 11.4. The highest BCUT2D eigenvalue weighted by molar-refractivity contribution is 7.89. The lowest BCUT2D eigenvalue weighted by molar-refractivity contribution is -0.119. The smallest absolute Gasteiger partial charge is 0.270 e. The molecule has 1 amide bonds. The molecule has 1 aromatic heterocycles. The van der Waals surface area contributed by atoms with Crippen LogP contribution in [0.5, 0.6) is 0 Å². The Morgan fingerprint density at radius 3 is 2.58 bits per heavy atom. The van der Waals surface area contributed by atoms with Crippen LogP contribution in [0.25, 0.3) is 10.9 Å². The van der Waals surface area contributed by atoms with Gasteiger partial charge >= 0.3 is 0 Å². The molecule has 0 saturated carbocycles. The fourth-order valence-electron chi connectivity index (χ4n) is 4.34. The van der Waals surface area contributed by atoms with Gasteiger partial charge in [0.2, 0.25) is 10.0 Å². The lowest BCUT2D eigenvalue weighted by atomic mass is 10.0. The summed E-state index contributed by atoms with van der Waals surface area (Å²) in [5.41, 5.74) is 0.760. The predicted molar refractivity (Wildman–Crippen MR) is 140 cm³/mol. The molecule has 2 aromatic carbocycles. The van der Waals surface area contributed by atoms with Crippen molar-refractivity contribution in [2.75, 3.05) is 25.0 Å². The van der Waals surface area contributed by atoms with Crippen LogP contribution in [0.1, 0.15) is 19.7 Å². The van der Waals surface area contributed by atoms with Gasteiger partial charge in [0.05, 0.1) is 28.7 Å². The summed E-state index contributed by atoms with van der Waals surface area (Å²) >= 11 is 12.3. The van der Waals surface area contributed by atoms with Gasteiger partial charge in [-0.1, -0.05) is 55.2 Å². The van der Waals surface area contributed by atoms with Crippen LogP contribution in [0.4, 0.5) is 5.82 Å². The van der Waals surface area contributed by atoms with Crippen LogP contribution in [0.2, 0.25) is 10.0 Å². The summed E-state index contributed by atoms with van der Waals surface area (Å²) in [7, 11) is -3.98. The zero-order valence-corrected chi connectivity index (χ0v) is 22.0. The van der Waals surface area contributed by atoms with E-state index in [1.54, 1.807) is 0 Å². The Kier molecular flexibility index (Phi) is 6.63. The third-order valence-corrected chi connectivity index (χ3v) is 9.10. The molecular formula is C24H24Cl2N6O3S. The fourth-order valence-corrected chi connectivity index (χ4v) is 6.46. The zero-order valence-electron chi connectivity index (χ0n) is 19.6. The monoisotopic (exact) mass is 546 g/mol. The number of hydrogen-bond acceptors (Lipinski definition) is 7. The van der Waals surface area contributed by atoms with Crippen molar-refractivity contribution >= 4 is 61.7 Å². The van der Waals surface area contributed by atoms with Crippen molar-refractivity contribution in [1.82, 2.24) is 19.2 Å². The molecule has 9 nitrogen and oxygen atoms in total. The summed E-state index contributed by atoms with van der Waals surface area (Å²) in [5, 5.41) is 4.20. The van der Waals surface area contributed by atoms with Gasteiger partial charge in [-0.2, -0.15) is 9.30 Å². The van der Waals surface area contributed by atoms with Crippen LogP contribution in [0.15, 0.2) is 52.4 Å². The van der Waals surface area contributed by atoms with Gasteiger partial charge in [0.1, 0.15) is 22.6 Å². The summed E-state index contributed by atoms with van der Waals surface area (Å²) in [6.07, 6.45) is 0. The number of amides is 1. The quantitative estimate of drug-likeness (QED) is 0.531. The lowest BCUT2D eigenvalue weighted by Crippen LogP contribution is -2.53. The molecule has 1 fully saturated rings. The molecule has 0 aliphatic carbocycles. The van der Waals surface area contributed by atoms with E-state index in [2.05, 4.69) is 10.3 Å². The van der Waals surface area contributed by atoms with E-state index in [9.17, 15) is 13.2 Å². The van der Waals surface area contributed by atoms with E-state index in [0.29, 0.717) is 24.0 Å². The van der Waals surface area contributed by atoms with Gasteiger partial charge in [-0.05, 0) is 30.2 Å². The third kappa shape index (κ3) is 4.54. The van der Waals surface area contributed by atoms with E-state index < -0.39 is 22.0 Å². The molecule has 1 saturated heterocycles. The number of nitrogens with zero attached hydrogens (tertiary/aromatic N) is 5. The molecule has 3 heterocycles. The molecule has 3 aromatic rings. The first-order chi connectivity index (χ1) is 17.1. The largest absolute Gasteiger partial charge is 0.357 e. The number of benzene rings is 2. The Bertz CT molecular complexity index is 1490. The van der Waals surface area contributed by atoms with Crippen LogP contribution in [0.3, 0.4) is 0 Å². The molecule has 36 heavy (non-hydrogen) atoms. The first-order valence-corrected chi connectivity index (χ1v) is 13.7. The number of hydrogen-bond donors (Lipinski definition) is 1. The number of nitrogens with one attached hydrogen (secondary N) is 1. The van der Waals surface area contributed by atoms with Crippen molar-refractivity contribution in [3.8, 4) is 0 Å². The topological polar surface area (TPSA) is 108 Å². The molecule has 2 bridgehead atoms. The van der Waals surface area contributed by atoms with E-state index in [1.807, 2.05) is 43.0 Å². The Labute approximate surface area is 219 Å². The standard InChI is InChI=1S/C24H24Cl2N6O3S/c1-14(2)22-24(33)29-20-13-32(36(34,35)18-9-5-7-16(25)21(18)26)11-10-31(20)12-19-27-17-8-4-3-6-15(17)23(28-19)30-22/h3-9,14,22H,10-13H2,1-2H3,(H,27,28,30)/t22-/m0/s1. The predicted octanol–water partition coefficient (Wildman–Crippen LogP) is 3.82. The average Bonchev–Trinajstić information content (AvgIpc) is 2.84. The van der Waals surface area contributed by atoms with Crippen molar-refractivity contribution in [1.29, 1.82) is 0 Å². The number of halogens is 2. The Morgan fingerprint density at radius 1 is 1.03 bits per heavy atom. The van der Waals surface area contributed by atoms with Gasteiger partial charge in [0.25, 0.3) is 5.91 Å². The van der Waals surface area contributed by atoms with Gasteiger partial charge in [0.15, 0.2) is 5.82 Å². The van der Waals surface area contributed by atoms with Crippen molar-refractivity contribution in [2.24, 2.45) is 10.9 Å². The van der Waals surface area contributed by atoms with Crippen LogP contribution in [-0.4, -0.2) is 65.0 Å². The van der Waals surface area contributed by atoms with Crippen LogP contribution in [0, 0.1) is 5.92 Å². The summed E-state index contributed by atoms with van der Waals surface area (Å²) in [4.78, 5) is 29.0. The molecule has 0 radical (unpaired) electrons. The van der Waals surface area contributed by atoms with Gasteiger partial charge in [-0.25, -0.2) is 18.4 Å². The second kappa shape index (κ2) is 9.59. The normalized spacial score (nSPS) is 19.1. The first kappa shape index (κ1) is 24.9. The number of sulfonamides is 1. The van der Waals surface area contributed by atoms with E-state index in [1.165, 1.54) is 22.5 Å². The minimum absolute atomic E-state index is 0.0354. The van der Waals surface area contributed by atoms with Gasteiger partial charge in [-0.3, -0.25) is 4.79 Å². The number of para-hydroxylation sites is 1. The molecule has 188 valence electrons. The van der Waals surface area contributed by atoms with Crippen LogP contribution < -0.4 is 5.32 Å². The Hall–Kier alpha value is -2.79. The molecule has 2 aliphatic heterocycles. The van der Waals surface area contributed by atoms with E-state index in [-0.39, 0.29) is 40.5 Å². The number of rotatable bonds is 3. The minimum Gasteiger partial charge on any atom is -0.357 e. The Balaban J connectivity index is 1.55. The second-order valence-corrected chi connectivity index (χ2v) is 11.7. The van der Waals surface area contributed by atoms with Crippen molar-refractivity contribution in [3.63, 3.8) is 0 Å². The molecule has 12 heteroatoms. The molecule has 0 spiro atoms. The second-order valence-electron chi connectivity index (χ2n) is 9.05. The van der Waals surface area contributed by atoms with E-state index in [0.717, 1.165) is 10.9 Å². The van der Waals surface area contributed by atoms with Crippen molar-refractivity contribution in [2.45, 2.75) is 31.3 Å². The highest BCUT2D eigenvalue weighted by Gasteiger charge is 2.35. The lowest BCUT2D eigenvalue weighted by Gasteiger charge is -2.36. The summed E-state index contributed by atoms with van der Waals surface area (Å²) < 4.78 is 28.2. The fraction of sp³-hybridized carbons (Fsp3) is 0.333. The van der Waals surface area contributed by atoms with Crippen molar-refractivity contribution < 1.29 is 13.2 Å². The van der Waals surface area contributed by atoms with Gasteiger partial charge in [0, 0.05) is 18.5 Å².